The molecular formula is C66H40N10. The van der Waals surface area contributed by atoms with Crippen molar-refractivity contribution in [2.45, 2.75) is 0 Å². The zero-order valence-corrected chi connectivity index (χ0v) is 40.6. The maximum Gasteiger partial charge on any atom is 0.164 e. The standard InChI is InChI=1S/C66H40N10/c67-40-42-29-31-43(32-30-42)52-39-60(76-56-28-16-14-26-51(56)54-38-49(34-36-58(54)76)66-73-63(46-21-9-3-10-22-46)70-64(74-66)47-23-11-4-12-24-47)68-41-59(52)75-55-27-15-13-25-50(55)53-37-48(33-35-57(53)75)65-71-61(44-17-5-1-6-18-44)69-62(72-65)45-19-7-2-8-20-45/h1-39,41H. The normalized spacial score (nSPS) is 11.4. The van der Waals surface area contributed by atoms with Crippen LogP contribution in [-0.4, -0.2) is 44.0 Å². The fourth-order valence-electron chi connectivity index (χ4n) is 10.3. The monoisotopic (exact) mass is 972 g/mol. The molecule has 0 bridgehead atoms. The lowest BCUT2D eigenvalue weighted by Gasteiger charge is -2.16. The number of nitriles is 1. The Morgan fingerprint density at radius 2 is 0.658 bits per heavy atom. The molecule has 0 saturated carbocycles. The van der Waals surface area contributed by atoms with E-state index in [0.717, 1.165) is 99.6 Å². The van der Waals surface area contributed by atoms with E-state index in [2.05, 4.69) is 106 Å². The van der Waals surface area contributed by atoms with Crippen LogP contribution >= 0.6 is 0 Å². The predicted molar refractivity (Wildman–Crippen MR) is 302 cm³/mol. The summed E-state index contributed by atoms with van der Waals surface area (Å²) in [5.74, 6) is 4.31. The van der Waals surface area contributed by atoms with Crippen molar-refractivity contribution in [3.63, 3.8) is 0 Å². The summed E-state index contributed by atoms with van der Waals surface area (Å²) in [5, 5.41) is 14.1. The van der Waals surface area contributed by atoms with Crippen LogP contribution in [0.4, 0.5) is 0 Å². The van der Waals surface area contributed by atoms with Crippen molar-refractivity contribution in [2.75, 3.05) is 0 Å². The van der Waals surface area contributed by atoms with Crippen molar-refractivity contribution in [1.82, 2.24) is 44.0 Å². The minimum Gasteiger partial charge on any atom is -0.307 e. The third-order valence-electron chi connectivity index (χ3n) is 13.9. The SMILES string of the molecule is N#Cc1ccc(-c2cc(-n3c4ccccc4c4cc(-c5nc(-c6ccccc6)nc(-c6ccccc6)n5)ccc43)ncc2-n2c3ccccc3c3cc(-c4nc(-c5ccccc5)nc(-c5ccccc5)n4)ccc32)cc1. The Bertz CT molecular complexity index is 4450. The molecule has 0 amide bonds. The van der Waals surface area contributed by atoms with Gasteiger partial charge in [0.05, 0.1) is 45.6 Å². The molecule has 0 radical (unpaired) electrons. The smallest absolute Gasteiger partial charge is 0.164 e. The highest BCUT2D eigenvalue weighted by molar-refractivity contribution is 6.12. The van der Waals surface area contributed by atoms with Crippen molar-refractivity contribution in [3.8, 4) is 97.0 Å². The Kier molecular flexibility index (Phi) is 10.6. The fourth-order valence-corrected chi connectivity index (χ4v) is 10.3. The van der Waals surface area contributed by atoms with Gasteiger partial charge in [-0.1, -0.05) is 170 Å². The molecule has 5 aromatic heterocycles. The van der Waals surface area contributed by atoms with E-state index < -0.39 is 0 Å². The molecule has 0 saturated heterocycles. The minimum absolute atomic E-state index is 0.580. The highest BCUT2D eigenvalue weighted by Gasteiger charge is 2.22. The first-order chi connectivity index (χ1) is 37.6. The molecule has 0 aliphatic rings. The summed E-state index contributed by atoms with van der Waals surface area (Å²) in [6.45, 7) is 0. The van der Waals surface area contributed by atoms with Gasteiger partial charge in [-0.2, -0.15) is 5.26 Å². The van der Waals surface area contributed by atoms with E-state index >= 15 is 0 Å². The molecule has 0 aliphatic carbocycles. The van der Waals surface area contributed by atoms with Crippen LogP contribution < -0.4 is 0 Å². The van der Waals surface area contributed by atoms with Gasteiger partial charge in [-0.3, -0.25) is 4.57 Å². The van der Waals surface area contributed by atoms with Crippen molar-refractivity contribution in [2.24, 2.45) is 0 Å². The van der Waals surface area contributed by atoms with Gasteiger partial charge in [0.2, 0.25) is 0 Å². The molecule has 0 N–H and O–H groups in total. The number of hydrogen-bond acceptors (Lipinski definition) is 8. The number of rotatable bonds is 9. The van der Waals surface area contributed by atoms with E-state index in [4.69, 9.17) is 34.9 Å². The summed E-state index contributed by atoms with van der Waals surface area (Å²) < 4.78 is 4.51. The van der Waals surface area contributed by atoms with Crippen LogP contribution in [0.5, 0.6) is 0 Å². The number of benzene rings is 9. The Labute approximate surface area is 436 Å². The van der Waals surface area contributed by atoms with Crippen molar-refractivity contribution in [1.29, 1.82) is 5.26 Å². The molecule has 14 aromatic rings. The first-order valence-corrected chi connectivity index (χ1v) is 24.9. The molecular weight excluding hydrogens is 933 g/mol. The van der Waals surface area contributed by atoms with Gasteiger partial charge < -0.3 is 4.57 Å². The van der Waals surface area contributed by atoms with Crippen LogP contribution in [0.25, 0.3) is 135 Å². The summed E-state index contributed by atoms with van der Waals surface area (Å²) in [6, 6.07) is 82.1. The van der Waals surface area contributed by atoms with E-state index in [1.165, 1.54) is 0 Å². The van der Waals surface area contributed by atoms with Crippen LogP contribution in [0.3, 0.4) is 0 Å². The van der Waals surface area contributed by atoms with Gasteiger partial charge in [-0.05, 0) is 72.3 Å². The molecule has 5 heterocycles. The molecule has 0 atom stereocenters. The maximum atomic E-state index is 9.90. The first-order valence-electron chi connectivity index (χ1n) is 24.9. The molecule has 10 nitrogen and oxygen atoms in total. The molecule has 0 unspecified atom stereocenters. The van der Waals surface area contributed by atoms with Gasteiger partial charge in [0.15, 0.2) is 34.9 Å². The van der Waals surface area contributed by atoms with Crippen LogP contribution in [-0.2, 0) is 0 Å². The molecule has 0 spiro atoms. The number of hydrogen-bond donors (Lipinski definition) is 0. The fraction of sp³-hybridized carbons (Fsp3) is 0. The zero-order chi connectivity index (χ0) is 50.5. The Hall–Kier alpha value is -10.8. The van der Waals surface area contributed by atoms with E-state index in [1.54, 1.807) is 0 Å². The molecule has 354 valence electrons. The van der Waals surface area contributed by atoms with Gasteiger partial charge in [-0.25, -0.2) is 34.9 Å². The number of nitrogens with zero attached hydrogens (tertiary/aromatic N) is 10. The van der Waals surface area contributed by atoms with Crippen LogP contribution in [0, 0.1) is 11.3 Å². The number of aromatic nitrogens is 9. The number of para-hydroxylation sites is 2. The van der Waals surface area contributed by atoms with E-state index in [-0.39, 0.29) is 0 Å². The van der Waals surface area contributed by atoms with E-state index in [0.29, 0.717) is 40.5 Å². The van der Waals surface area contributed by atoms with Crippen LogP contribution in [0.15, 0.2) is 243 Å². The van der Waals surface area contributed by atoms with E-state index in [1.807, 2.05) is 152 Å². The third-order valence-corrected chi connectivity index (χ3v) is 13.9. The second-order valence-corrected chi connectivity index (χ2v) is 18.5. The summed E-state index contributed by atoms with van der Waals surface area (Å²) in [7, 11) is 0. The van der Waals surface area contributed by atoms with Crippen molar-refractivity contribution >= 4 is 43.6 Å². The minimum atomic E-state index is 0.580. The Morgan fingerprint density at radius 3 is 1.09 bits per heavy atom. The Balaban J connectivity index is 0.936. The topological polar surface area (TPSA) is 124 Å². The van der Waals surface area contributed by atoms with Gasteiger partial charge >= 0.3 is 0 Å². The molecule has 9 aromatic carbocycles. The number of pyridine rings is 1. The van der Waals surface area contributed by atoms with Crippen LogP contribution in [0.1, 0.15) is 5.56 Å². The number of fused-ring (bicyclic) bond motifs is 6. The molecule has 10 heteroatoms. The summed E-state index contributed by atoms with van der Waals surface area (Å²) in [6.07, 6.45) is 1.98. The zero-order valence-electron chi connectivity index (χ0n) is 40.6. The summed E-state index contributed by atoms with van der Waals surface area (Å²) in [5.41, 5.74) is 12.7. The van der Waals surface area contributed by atoms with Gasteiger partial charge in [0.25, 0.3) is 0 Å². The molecule has 0 fully saturated rings. The maximum absolute atomic E-state index is 9.90. The third kappa shape index (κ3) is 7.71. The van der Waals surface area contributed by atoms with Gasteiger partial charge in [-0.15, -0.1) is 0 Å². The predicted octanol–water partition coefficient (Wildman–Crippen LogP) is 15.2. The van der Waals surface area contributed by atoms with Crippen molar-refractivity contribution in [3.05, 3.63) is 248 Å². The lowest BCUT2D eigenvalue weighted by molar-refractivity contribution is 1.05. The largest absolute Gasteiger partial charge is 0.307 e. The first kappa shape index (κ1) is 44.0. The lowest BCUT2D eigenvalue weighted by atomic mass is 10.0. The molecule has 76 heavy (non-hydrogen) atoms. The highest BCUT2D eigenvalue weighted by Crippen LogP contribution is 2.41. The quantitative estimate of drug-likeness (QED) is 0.140. The van der Waals surface area contributed by atoms with Crippen LogP contribution in [0.2, 0.25) is 0 Å². The highest BCUT2D eigenvalue weighted by atomic mass is 15.1. The second kappa shape index (κ2) is 18.4. The molecule has 0 aliphatic heterocycles. The van der Waals surface area contributed by atoms with Gasteiger partial charge in [0.1, 0.15) is 5.82 Å². The second-order valence-electron chi connectivity index (χ2n) is 18.5. The average Bonchev–Trinajstić information content (AvgIpc) is 4.02. The van der Waals surface area contributed by atoms with Gasteiger partial charge in [0, 0.05) is 60.5 Å². The average molecular weight is 973 g/mol. The van der Waals surface area contributed by atoms with E-state index in [9.17, 15) is 5.26 Å². The lowest BCUT2D eigenvalue weighted by Crippen LogP contribution is -2.03. The van der Waals surface area contributed by atoms with Crippen molar-refractivity contribution < 1.29 is 0 Å². The Morgan fingerprint density at radius 1 is 0.303 bits per heavy atom. The summed E-state index contributed by atoms with van der Waals surface area (Å²) in [4.78, 5) is 35.5. The summed E-state index contributed by atoms with van der Waals surface area (Å²) >= 11 is 0. The molecule has 14 rings (SSSR count).